The molecule has 0 saturated heterocycles. The van der Waals surface area contributed by atoms with Crippen molar-refractivity contribution in [3.05, 3.63) is 41.5 Å². The zero-order chi connectivity index (χ0) is 10.7. The van der Waals surface area contributed by atoms with E-state index in [0.717, 1.165) is 23.5 Å². The maximum absolute atomic E-state index is 5.60. The van der Waals surface area contributed by atoms with Crippen LogP contribution in [0.2, 0.25) is 0 Å². The Balaban J connectivity index is 2.11. The lowest BCUT2D eigenvalue weighted by atomic mass is 10.1. The number of aromatic nitrogens is 2. The fourth-order valence-corrected chi connectivity index (χ4v) is 1.32. The molecule has 0 aliphatic carbocycles. The Morgan fingerprint density at radius 3 is 2.60 bits per heavy atom. The smallest absolute Gasteiger partial charge is 0.226 e. The van der Waals surface area contributed by atoms with Crippen LogP contribution >= 0.6 is 0 Å². The second-order valence-corrected chi connectivity index (χ2v) is 3.38. The maximum Gasteiger partial charge on any atom is 0.226 e. The van der Waals surface area contributed by atoms with Crippen LogP contribution in [0.4, 0.5) is 5.69 Å². The van der Waals surface area contributed by atoms with Crippen LogP contribution in [0.15, 0.2) is 28.8 Å². The van der Waals surface area contributed by atoms with Gasteiger partial charge in [-0.2, -0.15) is 4.98 Å². The van der Waals surface area contributed by atoms with E-state index in [4.69, 9.17) is 10.3 Å². The SMILES string of the molecule is CCc1nc(Cc2ccc(N)cc2)no1. The minimum atomic E-state index is 0.681. The Morgan fingerprint density at radius 2 is 2.00 bits per heavy atom. The molecule has 0 atom stereocenters. The molecule has 0 fully saturated rings. The van der Waals surface area contributed by atoms with Crippen molar-refractivity contribution in [1.29, 1.82) is 0 Å². The Hall–Kier alpha value is -1.84. The first kappa shape index (κ1) is 9.71. The minimum Gasteiger partial charge on any atom is -0.399 e. The maximum atomic E-state index is 5.60. The van der Waals surface area contributed by atoms with E-state index in [1.807, 2.05) is 31.2 Å². The van der Waals surface area contributed by atoms with Crippen molar-refractivity contribution in [2.75, 3.05) is 5.73 Å². The number of hydrogen-bond acceptors (Lipinski definition) is 4. The molecule has 0 aliphatic heterocycles. The Morgan fingerprint density at radius 1 is 1.27 bits per heavy atom. The molecule has 4 heteroatoms. The summed E-state index contributed by atoms with van der Waals surface area (Å²) in [7, 11) is 0. The summed E-state index contributed by atoms with van der Waals surface area (Å²) in [5.74, 6) is 1.40. The summed E-state index contributed by atoms with van der Waals surface area (Å²) in [5.41, 5.74) is 7.49. The molecule has 1 aromatic heterocycles. The fraction of sp³-hybridized carbons (Fsp3) is 0.273. The molecule has 0 amide bonds. The Kier molecular flexibility index (Phi) is 2.67. The first-order valence-electron chi connectivity index (χ1n) is 4.94. The third-order valence-corrected chi connectivity index (χ3v) is 2.15. The van der Waals surface area contributed by atoms with Crippen LogP contribution in [0, 0.1) is 0 Å². The van der Waals surface area contributed by atoms with Gasteiger partial charge < -0.3 is 10.3 Å². The molecule has 2 rings (SSSR count). The average molecular weight is 203 g/mol. The third kappa shape index (κ3) is 2.34. The molecule has 0 spiro atoms. The van der Waals surface area contributed by atoms with Gasteiger partial charge in [-0.3, -0.25) is 0 Å². The van der Waals surface area contributed by atoms with E-state index in [0.29, 0.717) is 12.3 Å². The largest absolute Gasteiger partial charge is 0.399 e. The average Bonchev–Trinajstić information content (AvgIpc) is 2.69. The summed E-state index contributed by atoms with van der Waals surface area (Å²) in [6, 6.07) is 7.68. The van der Waals surface area contributed by atoms with Gasteiger partial charge in [-0.1, -0.05) is 24.2 Å². The molecule has 4 nitrogen and oxygen atoms in total. The lowest BCUT2D eigenvalue weighted by molar-refractivity contribution is 0.377. The second kappa shape index (κ2) is 4.13. The highest BCUT2D eigenvalue weighted by Gasteiger charge is 2.04. The van der Waals surface area contributed by atoms with E-state index in [2.05, 4.69) is 10.1 Å². The summed E-state index contributed by atoms with van der Waals surface area (Å²) >= 11 is 0. The summed E-state index contributed by atoms with van der Waals surface area (Å²) in [6.07, 6.45) is 1.46. The second-order valence-electron chi connectivity index (χ2n) is 3.38. The molecule has 0 unspecified atom stereocenters. The van der Waals surface area contributed by atoms with E-state index >= 15 is 0 Å². The topological polar surface area (TPSA) is 64.9 Å². The molecular weight excluding hydrogens is 190 g/mol. The molecule has 0 bridgehead atoms. The Labute approximate surface area is 88.1 Å². The van der Waals surface area contributed by atoms with E-state index < -0.39 is 0 Å². The van der Waals surface area contributed by atoms with Gasteiger partial charge in [0.05, 0.1) is 0 Å². The first-order valence-corrected chi connectivity index (χ1v) is 4.94. The monoisotopic (exact) mass is 203 g/mol. The number of nitrogens with two attached hydrogens (primary N) is 1. The van der Waals surface area contributed by atoms with Gasteiger partial charge in [0.15, 0.2) is 5.82 Å². The van der Waals surface area contributed by atoms with Crippen molar-refractivity contribution >= 4 is 5.69 Å². The van der Waals surface area contributed by atoms with Crippen LogP contribution in [-0.4, -0.2) is 10.1 Å². The normalized spacial score (nSPS) is 10.5. The van der Waals surface area contributed by atoms with Crippen LogP contribution in [0.3, 0.4) is 0 Å². The van der Waals surface area contributed by atoms with Gasteiger partial charge in [-0.25, -0.2) is 0 Å². The van der Waals surface area contributed by atoms with Crippen molar-refractivity contribution in [1.82, 2.24) is 10.1 Å². The minimum absolute atomic E-state index is 0.681. The lowest BCUT2D eigenvalue weighted by Crippen LogP contribution is -1.92. The first-order chi connectivity index (χ1) is 7.28. The molecule has 0 saturated carbocycles. The fourth-order valence-electron chi connectivity index (χ4n) is 1.32. The van der Waals surface area contributed by atoms with E-state index in [1.54, 1.807) is 0 Å². The number of hydrogen-bond donors (Lipinski definition) is 1. The van der Waals surface area contributed by atoms with Gasteiger partial charge in [0.2, 0.25) is 5.89 Å². The lowest BCUT2D eigenvalue weighted by Gasteiger charge is -1.96. The molecule has 0 aliphatic rings. The van der Waals surface area contributed by atoms with Crippen molar-refractivity contribution in [2.45, 2.75) is 19.8 Å². The van der Waals surface area contributed by atoms with Crippen molar-refractivity contribution in [3.63, 3.8) is 0 Å². The van der Waals surface area contributed by atoms with Gasteiger partial charge in [0.1, 0.15) is 0 Å². The van der Waals surface area contributed by atoms with Gasteiger partial charge in [-0.05, 0) is 17.7 Å². The third-order valence-electron chi connectivity index (χ3n) is 2.15. The van der Waals surface area contributed by atoms with E-state index in [9.17, 15) is 0 Å². The number of rotatable bonds is 3. The molecule has 2 aromatic rings. The van der Waals surface area contributed by atoms with Crippen LogP contribution < -0.4 is 5.73 Å². The standard InChI is InChI=1S/C11H13N3O/c1-2-11-13-10(14-15-11)7-8-3-5-9(12)6-4-8/h3-6H,2,7,12H2,1H3. The summed E-state index contributed by atoms with van der Waals surface area (Å²) < 4.78 is 5.02. The van der Waals surface area contributed by atoms with Crippen LogP contribution in [-0.2, 0) is 12.8 Å². The molecule has 15 heavy (non-hydrogen) atoms. The summed E-state index contributed by atoms with van der Waals surface area (Å²) in [4.78, 5) is 4.24. The number of nitrogen functional groups attached to an aromatic ring is 1. The van der Waals surface area contributed by atoms with Crippen molar-refractivity contribution in [2.24, 2.45) is 0 Å². The zero-order valence-corrected chi connectivity index (χ0v) is 8.60. The number of nitrogens with zero attached hydrogens (tertiary/aromatic N) is 2. The van der Waals surface area contributed by atoms with Crippen molar-refractivity contribution in [3.8, 4) is 0 Å². The van der Waals surface area contributed by atoms with Gasteiger partial charge in [0.25, 0.3) is 0 Å². The molecule has 78 valence electrons. The number of anilines is 1. The van der Waals surface area contributed by atoms with Crippen LogP contribution in [0.5, 0.6) is 0 Å². The Bertz CT molecular complexity index is 433. The van der Waals surface area contributed by atoms with Gasteiger partial charge >= 0.3 is 0 Å². The van der Waals surface area contributed by atoms with Crippen LogP contribution in [0.25, 0.3) is 0 Å². The van der Waals surface area contributed by atoms with Gasteiger partial charge in [0, 0.05) is 18.5 Å². The number of benzene rings is 1. The molecular formula is C11H13N3O. The quantitative estimate of drug-likeness (QED) is 0.772. The molecule has 1 aromatic carbocycles. The summed E-state index contributed by atoms with van der Waals surface area (Å²) in [6.45, 7) is 1.99. The molecule has 0 radical (unpaired) electrons. The van der Waals surface area contributed by atoms with Crippen molar-refractivity contribution < 1.29 is 4.52 Å². The van der Waals surface area contributed by atoms with E-state index in [-0.39, 0.29) is 0 Å². The highest BCUT2D eigenvalue weighted by atomic mass is 16.5. The molecule has 1 heterocycles. The highest BCUT2D eigenvalue weighted by Crippen LogP contribution is 2.09. The van der Waals surface area contributed by atoms with Gasteiger partial charge in [-0.15, -0.1) is 0 Å². The predicted octanol–water partition coefficient (Wildman–Crippen LogP) is 1.80. The van der Waals surface area contributed by atoms with Crippen LogP contribution in [0.1, 0.15) is 24.2 Å². The number of aryl methyl sites for hydroxylation is 1. The zero-order valence-electron chi connectivity index (χ0n) is 8.60. The highest BCUT2D eigenvalue weighted by molar-refractivity contribution is 5.39. The van der Waals surface area contributed by atoms with E-state index in [1.165, 1.54) is 0 Å². The predicted molar refractivity (Wildman–Crippen MR) is 57.3 cm³/mol. The summed E-state index contributed by atoms with van der Waals surface area (Å²) in [5, 5.41) is 3.89. The molecule has 2 N–H and O–H groups in total.